The van der Waals surface area contributed by atoms with Crippen LogP contribution in [0.25, 0.3) is 6.08 Å². The predicted molar refractivity (Wildman–Crippen MR) is 74.0 cm³/mol. The third-order valence-corrected chi connectivity index (χ3v) is 3.31. The molecule has 0 bridgehead atoms. The van der Waals surface area contributed by atoms with Gasteiger partial charge in [0, 0.05) is 6.08 Å². The van der Waals surface area contributed by atoms with Gasteiger partial charge in [0.15, 0.2) is 0 Å². The zero-order chi connectivity index (χ0) is 13.0. The molecule has 7 heteroatoms. The lowest BCUT2D eigenvalue weighted by atomic mass is 10.2. The number of anilines is 1. The molecule has 0 atom stereocenters. The summed E-state index contributed by atoms with van der Waals surface area (Å²) >= 11 is 12.9. The summed E-state index contributed by atoms with van der Waals surface area (Å²) in [5, 5.41) is 11.3. The van der Waals surface area contributed by atoms with Gasteiger partial charge < -0.3 is 0 Å². The van der Waals surface area contributed by atoms with Gasteiger partial charge in [0.1, 0.15) is 5.51 Å². The molecule has 0 fully saturated rings. The summed E-state index contributed by atoms with van der Waals surface area (Å²) in [5.74, 6) is -0.280. The van der Waals surface area contributed by atoms with E-state index in [1.54, 1.807) is 24.3 Å². The number of nitrogens with zero attached hydrogens (tertiary/aromatic N) is 2. The second-order valence-electron chi connectivity index (χ2n) is 3.24. The van der Waals surface area contributed by atoms with Crippen molar-refractivity contribution >= 4 is 51.7 Å². The third-order valence-electron chi connectivity index (χ3n) is 1.96. The summed E-state index contributed by atoms with van der Waals surface area (Å²) in [6.45, 7) is 0. The van der Waals surface area contributed by atoms with Crippen molar-refractivity contribution in [3.05, 3.63) is 45.4 Å². The SMILES string of the molecule is O=C(/C=C/c1ccc(Cl)c(Cl)c1)Nc1nncs1. The van der Waals surface area contributed by atoms with Gasteiger partial charge in [-0.05, 0) is 23.8 Å². The van der Waals surface area contributed by atoms with Crippen molar-refractivity contribution in [2.75, 3.05) is 5.32 Å². The zero-order valence-electron chi connectivity index (χ0n) is 8.93. The number of carbonyl (C=O) groups excluding carboxylic acids is 1. The smallest absolute Gasteiger partial charge is 0.250 e. The topological polar surface area (TPSA) is 54.9 Å². The summed E-state index contributed by atoms with van der Waals surface area (Å²) in [6, 6.07) is 5.12. The van der Waals surface area contributed by atoms with E-state index in [-0.39, 0.29) is 5.91 Å². The number of hydrogen-bond acceptors (Lipinski definition) is 4. The van der Waals surface area contributed by atoms with E-state index in [1.807, 2.05) is 0 Å². The van der Waals surface area contributed by atoms with Crippen LogP contribution in [0.1, 0.15) is 5.56 Å². The molecule has 1 aromatic carbocycles. The fourth-order valence-electron chi connectivity index (χ4n) is 1.16. The van der Waals surface area contributed by atoms with Gasteiger partial charge in [-0.25, -0.2) is 0 Å². The lowest BCUT2D eigenvalue weighted by Crippen LogP contribution is -2.07. The highest BCUT2D eigenvalue weighted by atomic mass is 35.5. The van der Waals surface area contributed by atoms with E-state index in [0.717, 1.165) is 5.56 Å². The minimum Gasteiger partial charge on any atom is -0.297 e. The molecule has 0 aliphatic rings. The van der Waals surface area contributed by atoms with Gasteiger partial charge in [0.2, 0.25) is 11.0 Å². The Labute approximate surface area is 117 Å². The van der Waals surface area contributed by atoms with E-state index in [1.165, 1.54) is 22.9 Å². The van der Waals surface area contributed by atoms with Crippen LogP contribution in [-0.2, 0) is 4.79 Å². The molecule has 92 valence electrons. The number of carbonyl (C=O) groups is 1. The number of aromatic nitrogens is 2. The number of amides is 1. The average Bonchev–Trinajstić information content (AvgIpc) is 2.83. The highest BCUT2D eigenvalue weighted by molar-refractivity contribution is 7.13. The fourth-order valence-corrected chi connectivity index (χ4v) is 1.92. The molecule has 0 saturated heterocycles. The molecule has 0 aliphatic heterocycles. The summed E-state index contributed by atoms with van der Waals surface area (Å²) in [5.41, 5.74) is 2.33. The van der Waals surface area contributed by atoms with Gasteiger partial charge in [0.25, 0.3) is 0 Å². The lowest BCUT2D eigenvalue weighted by Gasteiger charge is -1.98. The van der Waals surface area contributed by atoms with Crippen molar-refractivity contribution in [2.24, 2.45) is 0 Å². The molecular weight excluding hydrogens is 293 g/mol. The van der Waals surface area contributed by atoms with E-state index < -0.39 is 0 Å². The van der Waals surface area contributed by atoms with Crippen LogP contribution in [0, 0.1) is 0 Å². The van der Waals surface area contributed by atoms with Crippen molar-refractivity contribution in [2.45, 2.75) is 0 Å². The average molecular weight is 300 g/mol. The van der Waals surface area contributed by atoms with Crippen molar-refractivity contribution in [3.8, 4) is 0 Å². The summed E-state index contributed by atoms with van der Waals surface area (Å²) in [4.78, 5) is 11.5. The maximum atomic E-state index is 11.5. The number of rotatable bonds is 3. The lowest BCUT2D eigenvalue weighted by molar-refractivity contribution is -0.111. The van der Waals surface area contributed by atoms with Crippen LogP contribution in [-0.4, -0.2) is 16.1 Å². The van der Waals surface area contributed by atoms with Crippen LogP contribution >= 0.6 is 34.5 Å². The van der Waals surface area contributed by atoms with Crippen molar-refractivity contribution in [1.82, 2.24) is 10.2 Å². The van der Waals surface area contributed by atoms with Crippen LogP contribution in [0.5, 0.6) is 0 Å². The molecule has 1 aromatic heterocycles. The van der Waals surface area contributed by atoms with Crippen LogP contribution in [0.15, 0.2) is 29.8 Å². The molecule has 2 rings (SSSR count). The van der Waals surface area contributed by atoms with Crippen molar-refractivity contribution in [1.29, 1.82) is 0 Å². The van der Waals surface area contributed by atoms with Gasteiger partial charge in [0.05, 0.1) is 10.0 Å². The highest BCUT2D eigenvalue weighted by Crippen LogP contribution is 2.23. The molecule has 1 N–H and O–H groups in total. The second kappa shape index (κ2) is 5.95. The molecule has 4 nitrogen and oxygen atoms in total. The predicted octanol–water partition coefficient (Wildman–Crippen LogP) is 3.50. The number of halogens is 2. The molecule has 0 spiro atoms. The molecule has 0 unspecified atom stereocenters. The van der Waals surface area contributed by atoms with Crippen LogP contribution in [0.2, 0.25) is 10.0 Å². The molecule has 2 aromatic rings. The molecule has 0 aliphatic carbocycles. The monoisotopic (exact) mass is 299 g/mol. The van der Waals surface area contributed by atoms with Gasteiger partial charge >= 0.3 is 0 Å². The van der Waals surface area contributed by atoms with E-state index >= 15 is 0 Å². The Bertz CT molecular complexity index is 584. The molecule has 1 amide bonds. The minimum absolute atomic E-state index is 0.280. The largest absolute Gasteiger partial charge is 0.297 e. The maximum absolute atomic E-state index is 11.5. The molecule has 0 radical (unpaired) electrons. The summed E-state index contributed by atoms with van der Waals surface area (Å²) < 4.78 is 0. The fraction of sp³-hybridized carbons (Fsp3) is 0. The Hall–Kier alpha value is -1.43. The highest BCUT2D eigenvalue weighted by Gasteiger charge is 2.01. The van der Waals surface area contributed by atoms with Crippen molar-refractivity contribution in [3.63, 3.8) is 0 Å². The standard InChI is InChI=1S/C11H7Cl2N3OS/c12-8-3-1-7(5-9(8)13)2-4-10(17)15-11-16-14-6-18-11/h1-6H,(H,15,16,17)/b4-2+. The van der Waals surface area contributed by atoms with Gasteiger partial charge in [-0.15, -0.1) is 10.2 Å². The van der Waals surface area contributed by atoms with Gasteiger partial charge in [-0.2, -0.15) is 0 Å². The molecular formula is C11H7Cl2N3OS. The van der Waals surface area contributed by atoms with E-state index in [4.69, 9.17) is 23.2 Å². The first-order valence-corrected chi connectivity index (χ1v) is 6.49. The number of benzene rings is 1. The number of hydrogen-bond donors (Lipinski definition) is 1. The normalized spacial score (nSPS) is 10.8. The van der Waals surface area contributed by atoms with Gasteiger partial charge in [-0.1, -0.05) is 40.6 Å². The van der Waals surface area contributed by atoms with Gasteiger partial charge in [-0.3, -0.25) is 10.1 Å². The zero-order valence-corrected chi connectivity index (χ0v) is 11.3. The van der Waals surface area contributed by atoms with E-state index in [0.29, 0.717) is 15.2 Å². The van der Waals surface area contributed by atoms with Crippen molar-refractivity contribution < 1.29 is 4.79 Å². The Morgan fingerprint density at radius 1 is 1.33 bits per heavy atom. The van der Waals surface area contributed by atoms with Crippen LogP contribution < -0.4 is 5.32 Å². The quantitative estimate of drug-likeness (QED) is 0.883. The van der Waals surface area contributed by atoms with E-state index in [9.17, 15) is 4.79 Å². The van der Waals surface area contributed by atoms with Crippen LogP contribution in [0.4, 0.5) is 5.13 Å². The Kier molecular flexibility index (Phi) is 4.30. The van der Waals surface area contributed by atoms with E-state index in [2.05, 4.69) is 15.5 Å². The van der Waals surface area contributed by atoms with Crippen LogP contribution in [0.3, 0.4) is 0 Å². The minimum atomic E-state index is -0.280. The molecule has 0 saturated carbocycles. The third kappa shape index (κ3) is 3.53. The Morgan fingerprint density at radius 3 is 2.83 bits per heavy atom. The first-order chi connectivity index (χ1) is 8.65. The summed E-state index contributed by atoms with van der Waals surface area (Å²) in [7, 11) is 0. The Morgan fingerprint density at radius 2 is 2.17 bits per heavy atom. The first-order valence-electron chi connectivity index (χ1n) is 4.85. The molecule has 18 heavy (non-hydrogen) atoms. The maximum Gasteiger partial charge on any atom is 0.250 e. The second-order valence-corrected chi connectivity index (χ2v) is 4.89. The molecule has 1 heterocycles. The number of nitrogens with one attached hydrogen (secondary N) is 1. The Balaban J connectivity index is 2.01. The first kappa shape index (κ1) is 13.0. The summed E-state index contributed by atoms with van der Waals surface area (Å²) in [6.07, 6.45) is 3.03.